The van der Waals surface area contributed by atoms with E-state index in [1.807, 2.05) is 0 Å². The lowest BCUT2D eigenvalue weighted by atomic mass is 9.46. The number of allylic oxidation sites excluding steroid dienone is 1. The van der Waals surface area contributed by atoms with E-state index in [4.69, 9.17) is 9.47 Å². The fraction of sp³-hybridized carbons (Fsp3) is 0.423. The van der Waals surface area contributed by atoms with Crippen LogP contribution in [0.25, 0.3) is 16.7 Å². The van der Waals surface area contributed by atoms with E-state index in [0.717, 1.165) is 31.4 Å². The lowest BCUT2D eigenvalue weighted by molar-refractivity contribution is -0.150. The quantitative estimate of drug-likeness (QED) is 0.169. The number of hydrogen-bond acceptors (Lipinski definition) is 3. The van der Waals surface area contributed by atoms with Crippen molar-refractivity contribution < 1.29 is 9.47 Å². The lowest BCUT2D eigenvalue weighted by Gasteiger charge is -2.69. The predicted octanol–water partition coefficient (Wildman–Crippen LogP) is 13.1. The molecule has 284 valence electrons. The third-order valence-electron chi connectivity index (χ3n) is 13.8. The molecule has 9 rings (SSSR count). The third kappa shape index (κ3) is 5.10. The van der Waals surface area contributed by atoms with Crippen LogP contribution in [0.3, 0.4) is 0 Å². The molecule has 4 aromatic carbocycles. The van der Waals surface area contributed by atoms with Gasteiger partial charge in [0.1, 0.15) is 0 Å². The minimum absolute atomic E-state index is 0.0239. The van der Waals surface area contributed by atoms with Gasteiger partial charge in [0.25, 0.3) is 0 Å². The average Bonchev–Trinajstić information content (AvgIpc) is 3.36. The molecular weight excluding hydrogens is 671 g/mol. The van der Waals surface area contributed by atoms with Crippen molar-refractivity contribution in [2.75, 3.05) is 4.90 Å². The van der Waals surface area contributed by atoms with Gasteiger partial charge in [0.15, 0.2) is 0 Å². The predicted molar refractivity (Wildman–Crippen MR) is 228 cm³/mol. The van der Waals surface area contributed by atoms with Crippen molar-refractivity contribution in [2.24, 2.45) is 11.8 Å². The van der Waals surface area contributed by atoms with Gasteiger partial charge in [-0.05, 0) is 119 Å². The van der Waals surface area contributed by atoms with E-state index in [-0.39, 0.29) is 28.5 Å². The molecule has 5 aliphatic rings. The molecule has 55 heavy (non-hydrogen) atoms. The number of benzene rings is 4. The van der Waals surface area contributed by atoms with Gasteiger partial charge < -0.3 is 14.4 Å². The first kappa shape index (κ1) is 36.3. The molecule has 3 aliphatic heterocycles. The van der Waals surface area contributed by atoms with Crippen molar-refractivity contribution >= 4 is 11.3 Å². The highest BCUT2D eigenvalue weighted by Gasteiger charge is 2.69. The van der Waals surface area contributed by atoms with Crippen LogP contribution in [0.4, 0.5) is 5.69 Å². The van der Waals surface area contributed by atoms with Crippen LogP contribution in [-0.2, 0) is 20.3 Å². The minimum atomic E-state index is -0.437. The van der Waals surface area contributed by atoms with Gasteiger partial charge in [-0.2, -0.15) is 0 Å². The highest BCUT2D eigenvalue weighted by atomic mass is 16.7. The normalized spacial score (nSPS) is 26.7. The van der Waals surface area contributed by atoms with Crippen LogP contribution in [0.2, 0.25) is 0 Å². The first-order valence-electron chi connectivity index (χ1n) is 21.1. The van der Waals surface area contributed by atoms with Crippen molar-refractivity contribution in [1.82, 2.24) is 0 Å². The number of aryl methyl sites for hydroxylation is 2. The fourth-order valence-electron chi connectivity index (χ4n) is 11.7. The first-order valence-corrected chi connectivity index (χ1v) is 21.1. The summed E-state index contributed by atoms with van der Waals surface area (Å²) in [6, 6.07) is 30.3. The van der Waals surface area contributed by atoms with Crippen molar-refractivity contribution in [3.05, 3.63) is 153 Å². The summed E-state index contributed by atoms with van der Waals surface area (Å²) in [4.78, 5) is 2.87. The summed E-state index contributed by atoms with van der Waals surface area (Å²) < 4.78 is 14.2. The molecule has 0 saturated carbocycles. The van der Waals surface area contributed by atoms with Crippen LogP contribution in [0.1, 0.15) is 132 Å². The van der Waals surface area contributed by atoms with Crippen LogP contribution >= 0.6 is 0 Å². The Kier molecular flexibility index (Phi) is 8.48. The minimum Gasteiger partial charge on any atom is -0.465 e. The number of hydrogen-bond donors (Lipinski definition) is 0. The Morgan fingerprint density at radius 3 is 2.22 bits per heavy atom. The van der Waals surface area contributed by atoms with E-state index in [1.54, 1.807) is 0 Å². The number of rotatable bonds is 8. The van der Waals surface area contributed by atoms with Gasteiger partial charge >= 0.3 is 0 Å². The monoisotopic (exact) mass is 729 g/mol. The second-order valence-corrected chi connectivity index (χ2v) is 18.5. The zero-order valence-corrected chi connectivity index (χ0v) is 34.7. The van der Waals surface area contributed by atoms with Gasteiger partial charge in [-0.15, -0.1) is 0 Å². The zero-order valence-electron chi connectivity index (χ0n) is 34.7. The van der Waals surface area contributed by atoms with Crippen molar-refractivity contribution in [2.45, 2.75) is 130 Å². The molecule has 3 heterocycles. The summed E-state index contributed by atoms with van der Waals surface area (Å²) >= 11 is 0. The molecular formula is C52H59NO2. The molecule has 3 heteroatoms. The number of ether oxygens (including phenoxy) is 2. The molecule has 2 aliphatic carbocycles. The summed E-state index contributed by atoms with van der Waals surface area (Å²) in [7, 11) is 0. The van der Waals surface area contributed by atoms with Crippen molar-refractivity contribution in [3.8, 4) is 11.1 Å². The number of fused-ring (bicyclic) bond motifs is 11. The molecule has 0 fully saturated rings. The van der Waals surface area contributed by atoms with Crippen LogP contribution in [0.5, 0.6) is 0 Å². The molecule has 0 amide bonds. The topological polar surface area (TPSA) is 21.7 Å². The summed E-state index contributed by atoms with van der Waals surface area (Å²) in [5, 5.41) is 0. The van der Waals surface area contributed by atoms with E-state index in [9.17, 15) is 0 Å². The van der Waals surface area contributed by atoms with Gasteiger partial charge in [0, 0.05) is 34.1 Å². The molecule has 4 aromatic rings. The highest BCUT2D eigenvalue weighted by Crippen LogP contribution is 2.69. The molecule has 0 aromatic heterocycles. The Bertz CT molecular complexity index is 2290. The summed E-state index contributed by atoms with van der Waals surface area (Å²) in [5.74, 6) is 2.10. The van der Waals surface area contributed by atoms with Crippen LogP contribution in [-0.4, -0.2) is 17.9 Å². The zero-order chi connectivity index (χ0) is 38.6. The maximum absolute atomic E-state index is 7.11. The van der Waals surface area contributed by atoms with E-state index in [2.05, 4.69) is 171 Å². The maximum atomic E-state index is 7.11. The molecule has 0 spiro atoms. The average molecular weight is 730 g/mol. The molecule has 0 bridgehead atoms. The van der Waals surface area contributed by atoms with Gasteiger partial charge in [0.2, 0.25) is 6.29 Å². The highest BCUT2D eigenvalue weighted by molar-refractivity contribution is 5.96. The standard InChI is InChI=1S/C52H59NO2/c1-11-51-30-45(49-54-36(22-31(3)4)26-37(55-49)23-32(5)6)52(51,12-2)53-46(42-25-33(7)24-34(8)48(42)51)28-39(35-18-14-13-15-19-35)41-27-40-38-20-16-17-21-43(38)50(9,10)44(40)29-47(41)53/h13-21,24-32,36,46,49H,11-12,22-23H2,1-10H3. The Labute approximate surface area is 330 Å². The van der Waals surface area contributed by atoms with Crippen molar-refractivity contribution in [1.29, 1.82) is 0 Å². The Morgan fingerprint density at radius 1 is 0.764 bits per heavy atom. The Balaban J connectivity index is 1.33. The maximum Gasteiger partial charge on any atom is 0.225 e. The summed E-state index contributed by atoms with van der Waals surface area (Å²) in [6.45, 7) is 23.5. The van der Waals surface area contributed by atoms with E-state index < -0.39 is 6.29 Å². The van der Waals surface area contributed by atoms with E-state index in [0.29, 0.717) is 11.8 Å². The second-order valence-electron chi connectivity index (χ2n) is 18.5. The van der Waals surface area contributed by atoms with Gasteiger partial charge in [-0.3, -0.25) is 0 Å². The SMILES string of the molecule is CCC12C=C(C3OC(CC(C)C)=CC(CC(C)C)O3)C1(CC)N1c3cc4c(cc3C(c3ccccc3)=CC1c1cc(C)cc(C)c12)-c1ccccc1C4(C)C. The molecule has 0 radical (unpaired) electrons. The van der Waals surface area contributed by atoms with Crippen LogP contribution in [0.15, 0.2) is 108 Å². The smallest absolute Gasteiger partial charge is 0.225 e. The summed E-state index contributed by atoms with van der Waals surface area (Å²) in [6.07, 6.45) is 10.9. The van der Waals surface area contributed by atoms with Crippen molar-refractivity contribution in [3.63, 3.8) is 0 Å². The number of anilines is 1. The summed E-state index contributed by atoms with van der Waals surface area (Å²) in [5.41, 5.74) is 17.0. The largest absolute Gasteiger partial charge is 0.465 e. The van der Waals surface area contributed by atoms with E-state index >= 15 is 0 Å². The Morgan fingerprint density at radius 2 is 1.51 bits per heavy atom. The van der Waals surface area contributed by atoms with E-state index in [1.165, 1.54) is 72.5 Å². The Hall–Kier alpha value is -4.34. The van der Waals surface area contributed by atoms with Gasteiger partial charge in [0.05, 0.1) is 23.4 Å². The molecule has 3 nitrogen and oxygen atoms in total. The van der Waals surface area contributed by atoms with Gasteiger partial charge in [-0.25, -0.2) is 0 Å². The first-order chi connectivity index (χ1) is 26.3. The molecule has 0 N–H and O–H groups in total. The van der Waals surface area contributed by atoms with Crippen LogP contribution in [0, 0.1) is 25.7 Å². The number of nitrogens with zero attached hydrogens (tertiary/aromatic N) is 1. The lowest BCUT2D eigenvalue weighted by Crippen LogP contribution is -2.74. The van der Waals surface area contributed by atoms with Gasteiger partial charge in [-0.1, -0.05) is 134 Å². The van der Waals surface area contributed by atoms with Crippen LogP contribution < -0.4 is 4.90 Å². The molecule has 0 saturated heterocycles. The third-order valence-corrected chi connectivity index (χ3v) is 13.8. The second kappa shape index (κ2) is 12.8. The molecule has 5 unspecified atom stereocenters. The molecule has 5 atom stereocenters. The fourth-order valence-corrected chi connectivity index (χ4v) is 11.7.